The van der Waals surface area contributed by atoms with Gasteiger partial charge in [0.15, 0.2) is 11.9 Å². The molecule has 0 saturated carbocycles. The summed E-state index contributed by atoms with van der Waals surface area (Å²) in [5, 5.41) is 17.2. The maximum absolute atomic E-state index is 12.1. The molecule has 1 N–H and O–H groups in total. The molecule has 8 nitrogen and oxygen atoms in total. The second-order valence-corrected chi connectivity index (χ2v) is 5.74. The molecule has 1 amide bonds. The maximum Gasteiger partial charge on any atom is 0.411 e. The smallest absolute Gasteiger partial charge is 0.411 e. The monoisotopic (exact) mass is 282 g/mol. The molecule has 0 fully saturated rings. The Labute approximate surface area is 116 Å². The third-order valence-electron chi connectivity index (χ3n) is 2.97. The highest BCUT2D eigenvalue weighted by atomic mass is 16.6. The molecular weight excluding hydrogens is 264 g/mol. The van der Waals surface area contributed by atoms with Crippen LogP contribution in [0.3, 0.4) is 0 Å². The van der Waals surface area contributed by atoms with Crippen LogP contribution in [0.1, 0.15) is 32.4 Å². The molecule has 1 atom stereocenters. The lowest BCUT2D eigenvalue weighted by atomic mass is 10.2. The van der Waals surface area contributed by atoms with Crippen LogP contribution < -0.4 is 0 Å². The van der Waals surface area contributed by atoms with Crippen LogP contribution in [0.15, 0.2) is 0 Å². The number of aryl methyl sites for hydroxylation is 1. The van der Waals surface area contributed by atoms with Gasteiger partial charge in [-0.2, -0.15) is 0 Å². The van der Waals surface area contributed by atoms with Crippen molar-refractivity contribution in [3.8, 4) is 0 Å². The fourth-order valence-corrected chi connectivity index (χ4v) is 2.04. The lowest BCUT2D eigenvalue weighted by Crippen LogP contribution is -2.52. The molecule has 1 aliphatic heterocycles. The van der Waals surface area contributed by atoms with Crippen LogP contribution in [0.4, 0.5) is 4.79 Å². The Morgan fingerprint density at radius 3 is 2.55 bits per heavy atom. The molecule has 8 heteroatoms. The molecule has 20 heavy (non-hydrogen) atoms. The molecule has 2 rings (SSSR count). The van der Waals surface area contributed by atoms with E-state index in [0.717, 1.165) is 0 Å². The van der Waals surface area contributed by atoms with Crippen molar-refractivity contribution in [1.82, 2.24) is 19.7 Å². The third-order valence-corrected chi connectivity index (χ3v) is 2.97. The fourth-order valence-electron chi connectivity index (χ4n) is 2.04. The van der Waals surface area contributed by atoms with Crippen molar-refractivity contribution < 1.29 is 19.4 Å². The quantitative estimate of drug-likeness (QED) is 0.817. The molecule has 0 spiro atoms. The van der Waals surface area contributed by atoms with E-state index in [9.17, 15) is 14.7 Å². The van der Waals surface area contributed by atoms with Gasteiger partial charge in [-0.15, -0.1) is 10.2 Å². The van der Waals surface area contributed by atoms with Crippen LogP contribution in [-0.4, -0.2) is 48.5 Å². The number of carboxylic acids is 1. The predicted octanol–water partition coefficient (Wildman–Crippen LogP) is 0.790. The van der Waals surface area contributed by atoms with Gasteiger partial charge in [-0.25, -0.2) is 9.59 Å². The highest BCUT2D eigenvalue weighted by Gasteiger charge is 2.38. The molecular formula is C12H18N4O4. The molecule has 0 aliphatic carbocycles. The third kappa shape index (κ3) is 2.73. The number of fused-ring (bicyclic) bond motifs is 1. The summed E-state index contributed by atoms with van der Waals surface area (Å²) in [6.45, 7) is 7.15. The largest absolute Gasteiger partial charge is 0.480 e. The van der Waals surface area contributed by atoms with Gasteiger partial charge in [0.1, 0.15) is 11.4 Å². The molecule has 0 saturated heterocycles. The lowest BCUT2D eigenvalue weighted by Gasteiger charge is -2.34. The number of aromatic nitrogens is 3. The van der Waals surface area contributed by atoms with E-state index in [2.05, 4.69) is 10.2 Å². The first-order valence-corrected chi connectivity index (χ1v) is 6.30. The highest BCUT2D eigenvalue weighted by Crippen LogP contribution is 2.21. The maximum atomic E-state index is 12.1. The Morgan fingerprint density at radius 1 is 1.35 bits per heavy atom. The normalized spacial score (nSPS) is 18.6. The zero-order chi connectivity index (χ0) is 15.1. The van der Waals surface area contributed by atoms with Gasteiger partial charge in [0.2, 0.25) is 0 Å². The summed E-state index contributed by atoms with van der Waals surface area (Å²) >= 11 is 0. The van der Waals surface area contributed by atoms with Crippen LogP contribution in [0.5, 0.6) is 0 Å². The Kier molecular flexibility index (Phi) is 3.41. The van der Waals surface area contributed by atoms with Gasteiger partial charge in [-0.05, 0) is 27.7 Å². The number of carbonyl (C=O) groups excluding carboxylic acids is 1. The molecule has 1 aliphatic rings. The minimum atomic E-state index is -1.07. The van der Waals surface area contributed by atoms with Crippen molar-refractivity contribution in [3.05, 3.63) is 11.6 Å². The first kappa shape index (κ1) is 14.3. The van der Waals surface area contributed by atoms with Crippen LogP contribution in [0, 0.1) is 6.92 Å². The van der Waals surface area contributed by atoms with E-state index in [4.69, 9.17) is 4.74 Å². The second kappa shape index (κ2) is 4.77. The molecule has 1 unspecified atom stereocenters. The topological polar surface area (TPSA) is 97.5 Å². The summed E-state index contributed by atoms with van der Waals surface area (Å²) in [5.74, 6) is 0.121. The Balaban J connectivity index is 2.27. The Bertz CT molecular complexity index is 546. The molecule has 1 aromatic rings. The number of nitrogens with zero attached hydrogens (tertiary/aromatic N) is 4. The predicted molar refractivity (Wildman–Crippen MR) is 68.0 cm³/mol. The summed E-state index contributed by atoms with van der Waals surface area (Å²) < 4.78 is 6.95. The van der Waals surface area contributed by atoms with Crippen molar-refractivity contribution in [2.24, 2.45) is 0 Å². The molecule has 110 valence electrons. The number of hydrogen-bond donors (Lipinski definition) is 1. The van der Waals surface area contributed by atoms with E-state index in [0.29, 0.717) is 11.6 Å². The van der Waals surface area contributed by atoms with Crippen molar-refractivity contribution in [2.45, 2.75) is 52.4 Å². The molecule has 0 radical (unpaired) electrons. The van der Waals surface area contributed by atoms with E-state index >= 15 is 0 Å². The fraction of sp³-hybridized carbons (Fsp3) is 0.667. The highest BCUT2D eigenvalue weighted by molar-refractivity contribution is 5.80. The van der Waals surface area contributed by atoms with Crippen molar-refractivity contribution >= 4 is 12.1 Å². The van der Waals surface area contributed by atoms with Gasteiger partial charge in [0.05, 0.1) is 13.1 Å². The van der Waals surface area contributed by atoms with Gasteiger partial charge in [0.25, 0.3) is 0 Å². The number of carbonyl (C=O) groups is 2. The molecule has 0 aromatic carbocycles. The summed E-state index contributed by atoms with van der Waals surface area (Å²) in [5.41, 5.74) is -0.679. The second-order valence-electron chi connectivity index (χ2n) is 5.74. The number of carboxylic acid groups (broad SMARTS) is 1. The van der Waals surface area contributed by atoms with Gasteiger partial charge in [-0.1, -0.05) is 0 Å². The van der Waals surface area contributed by atoms with Crippen LogP contribution in [0.2, 0.25) is 0 Å². The minimum absolute atomic E-state index is 0.0761. The number of ether oxygens (including phenoxy) is 1. The van der Waals surface area contributed by atoms with E-state index < -0.39 is 23.7 Å². The zero-order valence-electron chi connectivity index (χ0n) is 12.0. The van der Waals surface area contributed by atoms with Crippen molar-refractivity contribution in [1.29, 1.82) is 0 Å². The minimum Gasteiger partial charge on any atom is -0.480 e. The first-order chi connectivity index (χ1) is 9.19. The summed E-state index contributed by atoms with van der Waals surface area (Å²) in [7, 11) is 0. The van der Waals surface area contributed by atoms with E-state index in [1.807, 2.05) is 0 Å². The van der Waals surface area contributed by atoms with Gasteiger partial charge in [-0.3, -0.25) is 4.90 Å². The first-order valence-electron chi connectivity index (χ1n) is 6.30. The summed E-state index contributed by atoms with van der Waals surface area (Å²) in [6.07, 6.45) is -0.656. The van der Waals surface area contributed by atoms with E-state index in [-0.39, 0.29) is 13.1 Å². The van der Waals surface area contributed by atoms with E-state index in [1.54, 1.807) is 32.3 Å². The number of amides is 1. The summed E-state index contributed by atoms with van der Waals surface area (Å²) in [4.78, 5) is 24.7. The average molecular weight is 282 g/mol. The zero-order valence-corrected chi connectivity index (χ0v) is 12.0. The van der Waals surface area contributed by atoms with Crippen LogP contribution >= 0.6 is 0 Å². The average Bonchev–Trinajstić information content (AvgIpc) is 2.67. The standard InChI is InChI=1S/C12H18N4O4/c1-7-13-14-9-6-16(11(19)20-12(2,3)4)8(10(17)18)5-15(7)9/h8H,5-6H2,1-4H3,(H,17,18). The number of aliphatic carboxylic acids is 1. The number of hydrogen-bond acceptors (Lipinski definition) is 5. The van der Waals surface area contributed by atoms with Gasteiger partial charge < -0.3 is 14.4 Å². The van der Waals surface area contributed by atoms with Crippen LogP contribution in [0.25, 0.3) is 0 Å². The van der Waals surface area contributed by atoms with Crippen LogP contribution in [-0.2, 0) is 22.6 Å². The SMILES string of the molecule is Cc1nnc2n1CC(C(=O)O)N(C(=O)OC(C)(C)C)C2. The molecule has 1 aromatic heterocycles. The van der Waals surface area contributed by atoms with Gasteiger partial charge in [0, 0.05) is 0 Å². The van der Waals surface area contributed by atoms with Crippen molar-refractivity contribution in [2.75, 3.05) is 0 Å². The number of rotatable bonds is 1. The van der Waals surface area contributed by atoms with Crippen molar-refractivity contribution in [3.63, 3.8) is 0 Å². The molecule has 0 bridgehead atoms. The van der Waals surface area contributed by atoms with Gasteiger partial charge >= 0.3 is 12.1 Å². The molecule has 2 heterocycles. The lowest BCUT2D eigenvalue weighted by molar-refractivity contribution is -0.144. The Hall–Kier alpha value is -2.12. The Morgan fingerprint density at radius 2 is 2.00 bits per heavy atom. The van der Waals surface area contributed by atoms with E-state index in [1.165, 1.54) is 4.90 Å². The summed E-state index contributed by atoms with van der Waals surface area (Å²) in [6, 6.07) is -0.980.